The van der Waals surface area contributed by atoms with Gasteiger partial charge < -0.3 is 14.9 Å². The molecule has 0 aliphatic heterocycles. The first-order chi connectivity index (χ1) is 11.5. The standard InChI is InChI=1S/C17H12ClFN2O3/c18-11-3-6-14(20)13(7-11)17(22)23-9-16-21-8-15(24-16)10-1-4-12(19)5-2-10/h1-8H,9,20H2. The van der Waals surface area contributed by atoms with E-state index in [9.17, 15) is 9.18 Å². The molecule has 0 atom stereocenters. The summed E-state index contributed by atoms with van der Waals surface area (Å²) in [6.45, 7) is -0.161. The number of hydrogen-bond donors (Lipinski definition) is 1. The maximum Gasteiger partial charge on any atom is 0.340 e. The van der Waals surface area contributed by atoms with Crippen molar-refractivity contribution in [2.45, 2.75) is 6.61 Å². The van der Waals surface area contributed by atoms with E-state index in [1.807, 2.05) is 0 Å². The van der Waals surface area contributed by atoms with Gasteiger partial charge in [-0.1, -0.05) is 11.6 Å². The number of oxazole rings is 1. The van der Waals surface area contributed by atoms with Crippen molar-refractivity contribution in [2.75, 3.05) is 5.73 Å². The number of carbonyl (C=O) groups excluding carboxylic acids is 1. The second kappa shape index (κ2) is 6.72. The molecule has 0 saturated carbocycles. The number of halogens is 2. The van der Waals surface area contributed by atoms with Gasteiger partial charge >= 0.3 is 5.97 Å². The second-order valence-corrected chi connectivity index (χ2v) is 5.37. The Labute approximate surface area is 141 Å². The minimum absolute atomic E-state index is 0.161. The van der Waals surface area contributed by atoms with Gasteiger partial charge in [0.15, 0.2) is 12.4 Å². The SMILES string of the molecule is Nc1ccc(Cl)cc1C(=O)OCc1ncc(-c2ccc(F)cc2)o1. The van der Waals surface area contributed by atoms with Crippen LogP contribution in [0.25, 0.3) is 11.3 Å². The summed E-state index contributed by atoms with van der Waals surface area (Å²) in [6, 6.07) is 10.3. The van der Waals surface area contributed by atoms with Crippen molar-refractivity contribution in [3.8, 4) is 11.3 Å². The van der Waals surface area contributed by atoms with Gasteiger partial charge in [0.05, 0.1) is 11.8 Å². The van der Waals surface area contributed by atoms with Crippen LogP contribution < -0.4 is 5.73 Å². The van der Waals surface area contributed by atoms with E-state index in [-0.39, 0.29) is 29.6 Å². The lowest BCUT2D eigenvalue weighted by Gasteiger charge is -2.05. The molecule has 1 aromatic heterocycles. The third-order valence-corrected chi connectivity index (χ3v) is 3.48. The Morgan fingerprint density at radius 3 is 2.75 bits per heavy atom. The van der Waals surface area contributed by atoms with Gasteiger partial charge in [-0.15, -0.1) is 0 Å². The summed E-state index contributed by atoms with van der Waals surface area (Å²) >= 11 is 5.84. The fourth-order valence-corrected chi connectivity index (χ4v) is 2.21. The molecule has 0 amide bonds. The highest BCUT2D eigenvalue weighted by Crippen LogP contribution is 2.22. The molecule has 0 unspecified atom stereocenters. The second-order valence-electron chi connectivity index (χ2n) is 4.93. The monoisotopic (exact) mass is 346 g/mol. The average Bonchev–Trinajstić information content (AvgIpc) is 3.04. The first-order valence-corrected chi connectivity index (χ1v) is 7.33. The Morgan fingerprint density at radius 2 is 2.00 bits per heavy atom. The zero-order chi connectivity index (χ0) is 17.1. The lowest BCUT2D eigenvalue weighted by Crippen LogP contribution is -2.08. The van der Waals surface area contributed by atoms with E-state index in [2.05, 4.69) is 4.98 Å². The summed E-state index contributed by atoms with van der Waals surface area (Å²) in [5.41, 5.74) is 6.83. The van der Waals surface area contributed by atoms with Crippen LogP contribution >= 0.6 is 11.6 Å². The van der Waals surface area contributed by atoms with Crippen molar-refractivity contribution in [1.29, 1.82) is 0 Å². The Balaban J connectivity index is 1.68. The van der Waals surface area contributed by atoms with Crippen LogP contribution in [0.2, 0.25) is 5.02 Å². The maximum absolute atomic E-state index is 12.9. The lowest BCUT2D eigenvalue weighted by molar-refractivity contribution is 0.0440. The van der Waals surface area contributed by atoms with Crippen LogP contribution in [0.4, 0.5) is 10.1 Å². The minimum atomic E-state index is -0.628. The van der Waals surface area contributed by atoms with Gasteiger partial charge in [-0.25, -0.2) is 14.2 Å². The largest absolute Gasteiger partial charge is 0.452 e. The van der Waals surface area contributed by atoms with E-state index in [1.54, 1.807) is 18.2 Å². The summed E-state index contributed by atoms with van der Waals surface area (Å²) in [5.74, 6) is -0.311. The van der Waals surface area contributed by atoms with Crippen molar-refractivity contribution in [1.82, 2.24) is 4.98 Å². The molecule has 0 bridgehead atoms. The first kappa shape index (κ1) is 16.0. The third-order valence-electron chi connectivity index (χ3n) is 3.24. The fraction of sp³-hybridized carbons (Fsp3) is 0.0588. The van der Waals surface area contributed by atoms with Crippen LogP contribution in [0.15, 0.2) is 53.1 Å². The fourth-order valence-electron chi connectivity index (χ4n) is 2.03. The number of anilines is 1. The molecule has 1 heterocycles. The molecule has 0 aliphatic rings. The van der Waals surface area contributed by atoms with E-state index >= 15 is 0 Å². The quantitative estimate of drug-likeness (QED) is 0.569. The number of nitrogens with zero attached hydrogens (tertiary/aromatic N) is 1. The van der Waals surface area contributed by atoms with E-state index in [0.29, 0.717) is 16.3 Å². The number of benzene rings is 2. The molecule has 0 aliphatic carbocycles. The van der Waals surface area contributed by atoms with Gasteiger partial charge in [0.2, 0.25) is 5.89 Å². The predicted octanol–water partition coefficient (Wildman–Crippen LogP) is 4.07. The number of nitrogen functional groups attached to an aromatic ring is 1. The molecule has 3 rings (SSSR count). The summed E-state index contributed by atoms with van der Waals surface area (Å²) in [5, 5.41) is 0.380. The molecule has 122 valence electrons. The molecule has 0 spiro atoms. The summed E-state index contributed by atoms with van der Waals surface area (Å²) in [6.07, 6.45) is 1.48. The van der Waals surface area contributed by atoms with Crippen LogP contribution in [0, 0.1) is 5.82 Å². The Hall–Kier alpha value is -2.86. The summed E-state index contributed by atoms with van der Waals surface area (Å²) < 4.78 is 23.5. The molecule has 0 fully saturated rings. The Bertz CT molecular complexity index is 878. The molecule has 2 N–H and O–H groups in total. The number of ether oxygens (including phenoxy) is 1. The van der Waals surface area contributed by atoms with Crippen molar-refractivity contribution < 1.29 is 18.3 Å². The molecule has 3 aromatic rings. The molecule has 2 aromatic carbocycles. The highest BCUT2D eigenvalue weighted by molar-refractivity contribution is 6.31. The maximum atomic E-state index is 12.9. The normalized spacial score (nSPS) is 10.6. The van der Waals surface area contributed by atoms with E-state index in [0.717, 1.165) is 0 Å². The number of aromatic nitrogens is 1. The van der Waals surface area contributed by atoms with Crippen molar-refractivity contribution >= 4 is 23.3 Å². The molecule has 5 nitrogen and oxygen atoms in total. The highest BCUT2D eigenvalue weighted by atomic mass is 35.5. The van der Waals surface area contributed by atoms with Crippen LogP contribution in [0.5, 0.6) is 0 Å². The van der Waals surface area contributed by atoms with Gasteiger partial charge in [-0.2, -0.15) is 0 Å². The van der Waals surface area contributed by atoms with Gasteiger partial charge in [0, 0.05) is 16.3 Å². The molecular weight excluding hydrogens is 335 g/mol. The predicted molar refractivity (Wildman–Crippen MR) is 86.9 cm³/mol. The zero-order valence-corrected chi connectivity index (χ0v) is 13.1. The van der Waals surface area contributed by atoms with Crippen molar-refractivity contribution in [3.05, 3.63) is 71.0 Å². The smallest absolute Gasteiger partial charge is 0.340 e. The van der Waals surface area contributed by atoms with Gasteiger partial charge in [-0.05, 0) is 42.5 Å². The van der Waals surface area contributed by atoms with E-state index < -0.39 is 5.97 Å². The topological polar surface area (TPSA) is 78.4 Å². The average molecular weight is 347 g/mol. The van der Waals surface area contributed by atoms with Crippen molar-refractivity contribution in [3.63, 3.8) is 0 Å². The van der Waals surface area contributed by atoms with Crippen LogP contribution in [-0.2, 0) is 11.3 Å². The number of carbonyl (C=O) groups is 1. The van der Waals surface area contributed by atoms with Crippen LogP contribution in [-0.4, -0.2) is 11.0 Å². The van der Waals surface area contributed by atoms with E-state index in [1.165, 1.54) is 30.5 Å². The highest BCUT2D eigenvalue weighted by Gasteiger charge is 2.14. The summed E-state index contributed by atoms with van der Waals surface area (Å²) in [7, 11) is 0. The van der Waals surface area contributed by atoms with Crippen molar-refractivity contribution in [2.24, 2.45) is 0 Å². The third kappa shape index (κ3) is 3.55. The molecule has 0 radical (unpaired) electrons. The summed E-state index contributed by atoms with van der Waals surface area (Å²) in [4.78, 5) is 16.1. The van der Waals surface area contributed by atoms with Crippen LogP contribution in [0.1, 0.15) is 16.2 Å². The Kier molecular flexibility index (Phi) is 4.48. The van der Waals surface area contributed by atoms with Gasteiger partial charge in [-0.3, -0.25) is 0 Å². The van der Waals surface area contributed by atoms with Gasteiger partial charge in [0.25, 0.3) is 0 Å². The number of esters is 1. The van der Waals surface area contributed by atoms with E-state index in [4.69, 9.17) is 26.5 Å². The lowest BCUT2D eigenvalue weighted by atomic mass is 10.2. The minimum Gasteiger partial charge on any atom is -0.452 e. The van der Waals surface area contributed by atoms with Crippen LogP contribution in [0.3, 0.4) is 0 Å². The number of hydrogen-bond acceptors (Lipinski definition) is 5. The van der Waals surface area contributed by atoms with Gasteiger partial charge in [0.1, 0.15) is 5.82 Å². The molecule has 0 saturated heterocycles. The number of rotatable bonds is 4. The Morgan fingerprint density at radius 1 is 1.25 bits per heavy atom. The molecular formula is C17H12ClFN2O3. The molecule has 7 heteroatoms. The molecule has 24 heavy (non-hydrogen) atoms. The first-order valence-electron chi connectivity index (χ1n) is 6.96. The number of nitrogens with two attached hydrogens (primary N) is 1. The zero-order valence-electron chi connectivity index (χ0n) is 12.3.